The normalized spacial score (nSPS) is 20.2. The van der Waals surface area contributed by atoms with Crippen molar-refractivity contribution in [2.24, 2.45) is 5.41 Å². The van der Waals surface area contributed by atoms with E-state index in [9.17, 15) is 4.79 Å². The summed E-state index contributed by atoms with van der Waals surface area (Å²) in [6.45, 7) is 2.65. The number of para-hydroxylation sites is 2. The lowest BCUT2D eigenvalue weighted by Crippen LogP contribution is -2.45. The Morgan fingerprint density at radius 2 is 1.75 bits per heavy atom. The molecule has 140 valence electrons. The zero-order chi connectivity index (χ0) is 19.1. The maximum Gasteiger partial charge on any atom is 0.233 e. The maximum absolute atomic E-state index is 13.9. The number of anilines is 3. The Labute approximate surface area is 165 Å². The first kappa shape index (κ1) is 17.0. The topological polar surface area (TPSA) is 45.2 Å². The van der Waals surface area contributed by atoms with Crippen LogP contribution >= 0.6 is 0 Å². The number of carbonyl (C=O) groups is 1. The van der Waals surface area contributed by atoms with Crippen molar-refractivity contribution in [3.63, 3.8) is 0 Å². The first-order chi connectivity index (χ1) is 13.6. The fourth-order valence-corrected chi connectivity index (χ4v) is 4.46. The van der Waals surface area contributed by atoms with Crippen LogP contribution in [-0.4, -0.2) is 10.9 Å². The lowest BCUT2D eigenvalue weighted by atomic mass is 9.72. The molecule has 2 aliphatic rings. The van der Waals surface area contributed by atoms with Crippen molar-refractivity contribution >= 4 is 23.1 Å². The van der Waals surface area contributed by atoms with Crippen molar-refractivity contribution in [1.82, 2.24) is 4.98 Å². The van der Waals surface area contributed by atoms with Gasteiger partial charge in [-0.2, -0.15) is 0 Å². The van der Waals surface area contributed by atoms with Gasteiger partial charge >= 0.3 is 0 Å². The summed E-state index contributed by atoms with van der Waals surface area (Å²) >= 11 is 0. The van der Waals surface area contributed by atoms with E-state index in [4.69, 9.17) is 0 Å². The molecule has 4 heteroatoms. The van der Waals surface area contributed by atoms with Crippen LogP contribution in [0.2, 0.25) is 0 Å². The van der Waals surface area contributed by atoms with Crippen molar-refractivity contribution < 1.29 is 4.79 Å². The second-order valence-electron chi connectivity index (χ2n) is 8.05. The van der Waals surface area contributed by atoms with Crippen molar-refractivity contribution in [3.05, 3.63) is 83.6 Å². The van der Waals surface area contributed by atoms with Crippen LogP contribution in [0.1, 0.15) is 30.0 Å². The Morgan fingerprint density at radius 3 is 2.64 bits per heavy atom. The molecule has 1 aromatic heterocycles. The lowest BCUT2D eigenvalue weighted by Gasteiger charge is -2.38. The number of hydrogen-bond acceptors (Lipinski definition) is 3. The van der Waals surface area contributed by atoms with Crippen LogP contribution in [0.4, 0.5) is 17.2 Å². The number of amides is 1. The molecule has 0 radical (unpaired) electrons. The van der Waals surface area contributed by atoms with E-state index in [1.165, 1.54) is 11.1 Å². The number of carbonyl (C=O) groups excluding carboxylic acids is 1. The van der Waals surface area contributed by atoms with Gasteiger partial charge in [-0.15, -0.1) is 0 Å². The summed E-state index contributed by atoms with van der Waals surface area (Å²) in [6.07, 6.45) is 4.39. The molecular weight excluding hydrogens is 346 g/mol. The van der Waals surface area contributed by atoms with E-state index in [0.717, 1.165) is 42.0 Å². The zero-order valence-electron chi connectivity index (χ0n) is 16.0. The van der Waals surface area contributed by atoms with Crippen molar-refractivity contribution in [1.29, 1.82) is 0 Å². The third kappa shape index (κ3) is 2.76. The van der Waals surface area contributed by atoms with Crippen LogP contribution in [0.25, 0.3) is 0 Å². The van der Waals surface area contributed by atoms with Gasteiger partial charge in [0.15, 0.2) is 0 Å². The van der Waals surface area contributed by atoms with Gasteiger partial charge in [-0.25, -0.2) is 4.98 Å². The van der Waals surface area contributed by atoms with Gasteiger partial charge in [-0.3, -0.25) is 4.79 Å². The van der Waals surface area contributed by atoms with Crippen molar-refractivity contribution in [2.75, 3.05) is 10.2 Å². The molecular formula is C24H23N3O. The van der Waals surface area contributed by atoms with Crippen LogP contribution in [0.5, 0.6) is 0 Å². The highest BCUT2D eigenvalue weighted by Gasteiger charge is 2.41. The van der Waals surface area contributed by atoms with Crippen LogP contribution in [0.15, 0.2) is 66.9 Å². The average Bonchev–Trinajstić information content (AvgIpc) is 2.89. The van der Waals surface area contributed by atoms with E-state index in [2.05, 4.69) is 41.5 Å². The summed E-state index contributed by atoms with van der Waals surface area (Å²) in [5, 5.41) is 3.41. The largest absolute Gasteiger partial charge is 0.338 e. The van der Waals surface area contributed by atoms with E-state index >= 15 is 0 Å². The Kier molecular flexibility index (Phi) is 3.93. The Bertz CT molecular complexity index is 1060. The molecule has 1 N–H and O–H groups in total. The van der Waals surface area contributed by atoms with E-state index in [0.29, 0.717) is 6.54 Å². The quantitative estimate of drug-likeness (QED) is 0.666. The smallest absolute Gasteiger partial charge is 0.233 e. The Morgan fingerprint density at radius 1 is 1.00 bits per heavy atom. The maximum atomic E-state index is 13.9. The number of nitrogens with one attached hydrogen (secondary N) is 1. The fraction of sp³-hybridized carbons (Fsp3) is 0.250. The summed E-state index contributed by atoms with van der Waals surface area (Å²) in [6, 6.07) is 20.5. The van der Waals surface area contributed by atoms with Crippen LogP contribution in [0, 0.1) is 5.41 Å². The molecule has 2 aromatic carbocycles. The predicted octanol–water partition coefficient (Wildman–Crippen LogP) is 4.87. The highest BCUT2D eigenvalue weighted by molar-refractivity contribution is 6.01. The molecule has 3 aromatic rings. The Balaban J connectivity index is 1.55. The molecule has 0 bridgehead atoms. The number of aromatic nitrogens is 1. The Hall–Kier alpha value is -3.14. The first-order valence-electron chi connectivity index (χ1n) is 9.83. The summed E-state index contributed by atoms with van der Waals surface area (Å²) in [7, 11) is 0. The molecule has 1 aliphatic heterocycles. The van der Waals surface area contributed by atoms with Gasteiger partial charge in [0, 0.05) is 11.8 Å². The number of rotatable bonds is 1. The summed E-state index contributed by atoms with van der Waals surface area (Å²) in [4.78, 5) is 20.3. The van der Waals surface area contributed by atoms with Gasteiger partial charge in [-0.05, 0) is 48.6 Å². The molecule has 1 amide bonds. The molecule has 0 saturated heterocycles. The number of benzene rings is 2. The van der Waals surface area contributed by atoms with Gasteiger partial charge in [0.2, 0.25) is 5.91 Å². The van der Waals surface area contributed by atoms with Gasteiger partial charge in [0.05, 0.1) is 23.3 Å². The highest BCUT2D eigenvalue weighted by atomic mass is 16.2. The molecule has 0 saturated carbocycles. The van der Waals surface area contributed by atoms with Gasteiger partial charge < -0.3 is 10.2 Å². The molecule has 0 spiro atoms. The molecule has 5 rings (SSSR count). The SMILES string of the molecule is CC1(C(=O)N2Cc3cccnc3Nc3ccccc32)CCc2ccccc2C1. The molecule has 2 heterocycles. The second kappa shape index (κ2) is 6.48. The van der Waals surface area contributed by atoms with Crippen LogP contribution < -0.4 is 10.2 Å². The van der Waals surface area contributed by atoms with Crippen molar-refractivity contribution in [2.45, 2.75) is 32.7 Å². The molecule has 28 heavy (non-hydrogen) atoms. The fourth-order valence-electron chi connectivity index (χ4n) is 4.46. The van der Waals surface area contributed by atoms with Crippen LogP contribution in [0.3, 0.4) is 0 Å². The van der Waals surface area contributed by atoms with Crippen LogP contribution in [-0.2, 0) is 24.2 Å². The number of hydrogen-bond donors (Lipinski definition) is 1. The van der Waals surface area contributed by atoms with E-state index in [-0.39, 0.29) is 5.91 Å². The highest BCUT2D eigenvalue weighted by Crippen LogP contribution is 2.41. The molecule has 1 aliphatic carbocycles. The third-order valence-corrected chi connectivity index (χ3v) is 6.07. The minimum absolute atomic E-state index is 0.188. The number of fused-ring (bicyclic) bond motifs is 3. The van der Waals surface area contributed by atoms with Gasteiger partial charge in [0.25, 0.3) is 0 Å². The summed E-state index contributed by atoms with van der Waals surface area (Å²) < 4.78 is 0. The number of pyridine rings is 1. The average molecular weight is 369 g/mol. The van der Waals surface area contributed by atoms with Gasteiger partial charge in [0.1, 0.15) is 5.82 Å². The number of nitrogens with zero attached hydrogens (tertiary/aromatic N) is 2. The van der Waals surface area contributed by atoms with E-state index in [1.54, 1.807) is 6.20 Å². The monoisotopic (exact) mass is 369 g/mol. The third-order valence-electron chi connectivity index (χ3n) is 6.07. The minimum Gasteiger partial charge on any atom is -0.338 e. The molecule has 4 nitrogen and oxygen atoms in total. The molecule has 1 unspecified atom stereocenters. The second-order valence-corrected chi connectivity index (χ2v) is 8.05. The van der Waals surface area contributed by atoms with Gasteiger partial charge in [-0.1, -0.05) is 49.4 Å². The van der Waals surface area contributed by atoms with E-state index < -0.39 is 5.41 Å². The predicted molar refractivity (Wildman–Crippen MR) is 112 cm³/mol. The summed E-state index contributed by atoms with van der Waals surface area (Å²) in [5.41, 5.74) is 5.15. The number of aryl methyl sites for hydroxylation is 1. The first-order valence-corrected chi connectivity index (χ1v) is 9.83. The zero-order valence-corrected chi connectivity index (χ0v) is 16.0. The minimum atomic E-state index is -0.409. The van der Waals surface area contributed by atoms with E-state index in [1.807, 2.05) is 41.3 Å². The van der Waals surface area contributed by atoms with Crippen molar-refractivity contribution in [3.8, 4) is 0 Å². The molecule has 1 atom stereocenters. The standard InChI is InChI=1S/C24H23N3O/c1-24(13-12-17-7-2-3-8-18(17)15-24)23(28)27-16-19-9-6-14-25-22(19)26-20-10-4-5-11-21(20)27/h2-11,14H,12-13,15-16H2,1H3,(H,25,26). The summed E-state index contributed by atoms with van der Waals surface area (Å²) in [5.74, 6) is 1.01. The molecule has 0 fully saturated rings. The lowest BCUT2D eigenvalue weighted by molar-refractivity contribution is -0.128.